The average Bonchev–Trinajstić information content (AvgIpc) is 2.72. The van der Waals surface area contributed by atoms with Crippen LogP contribution in [0.4, 0.5) is 5.69 Å². The zero-order valence-corrected chi connectivity index (χ0v) is 17.7. The molecule has 3 aliphatic rings. The lowest BCUT2D eigenvalue weighted by molar-refractivity contribution is -0.159. The van der Waals surface area contributed by atoms with Crippen molar-refractivity contribution in [2.75, 3.05) is 19.8 Å². The third kappa shape index (κ3) is 2.58. The maximum atomic E-state index is 13.4. The summed E-state index contributed by atoms with van der Waals surface area (Å²) >= 11 is 0. The standard InChI is InChI=1S/C22H23N3O8/c1-6-9-7(23)4-5-8(26)11(9)16(27)12-10(6)17(28)14-15(25(2)3)18(29)13(21(24)32)20(31)22(14,33)19(12)30/h4-5,10,14-15,17,26,28-30,33H,1,23H2,2-3H3,(H2,24,32)/t10-,14-,15+,17+,22+/m1/s1. The number of fused-ring (bicyclic) bond motifs is 3. The van der Waals surface area contributed by atoms with Crippen LogP contribution in [-0.2, 0) is 9.59 Å². The van der Waals surface area contributed by atoms with Crippen LogP contribution < -0.4 is 11.5 Å². The van der Waals surface area contributed by atoms with E-state index in [1.165, 1.54) is 25.1 Å². The Bertz CT molecular complexity index is 1230. The molecule has 9 N–H and O–H groups in total. The van der Waals surface area contributed by atoms with Gasteiger partial charge in [0, 0.05) is 17.2 Å². The zero-order chi connectivity index (χ0) is 24.7. The fourth-order valence-corrected chi connectivity index (χ4v) is 5.34. The van der Waals surface area contributed by atoms with E-state index < -0.39 is 75.5 Å². The third-order valence-corrected chi connectivity index (χ3v) is 6.76. The molecule has 0 saturated heterocycles. The minimum absolute atomic E-state index is 0.0585. The maximum absolute atomic E-state index is 13.4. The molecule has 1 aromatic carbocycles. The summed E-state index contributed by atoms with van der Waals surface area (Å²) < 4.78 is 0. The van der Waals surface area contributed by atoms with Crippen molar-refractivity contribution in [2.24, 2.45) is 17.6 Å². The van der Waals surface area contributed by atoms with Crippen molar-refractivity contribution in [1.82, 2.24) is 4.90 Å². The molecule has 0 heterocycles. The Morgan fingerprint density at radius 3 is 2.30 bits per heavy atom. The molecule has 0 aliphatic heterocycles. The number of nitrogen functional groups attached to an aromatic ring is 1. The number of hydrogen-bond donors (Lipinski definition) is 7. The fourth-order valence-electron chi connectivity index (χ4n) is 5.34. The number of carbonyl (C=O) groups excluding carboxylic acids is 3. The highest BCUT2D eigenvalue weighted by molar-refractivity contribution is 6.25. The molecule has 0 unspecified atom stereocenters. The van der Waals surface area contributed by atoms with E-state index in [1.54, 1.807) is 0 Å². The molecule has 1 amide bonds. The number of rotatable bonds is 2. The monoisotopic (exact) mass is 457 g/mol. The van der Waals surface area contributed by atoms with E-state index in [0.29, 0.717) is 0 Å². The van der Waals surface area contributed by atoms with Crippen molar-refractivity contribution in [2.45, 2.75) is 17.7 Å². The van der Waals surface area contributed by atoms with Gasteiger partial charge in [-0.05, 0) is 31.8 Å². The van der Waals surface area contributed by atoms with Gasteiger partial charge in [-0.1, -0.05) is 6.58 Å². The number of primary amides is 1. The van der Waals surface area contributed by atoms with E-state index in [2.05, 4.69) is 6.58 Å². The van der Waals surface area contributed by atoms with Crippen LogP contribution in [0.1, 0.15) is 15.9 Å². The van der Waals surface area contributed by atoms with E-state index in [-0.39, 0.29) is 22.4 Å². The Balaban J connectivity index is 2.09. The largest absolute Gasteiger partial charge is 0.510 e. The number of ketones is 2. The molecular formula is C22H23N3O8. The lowest BCUT2D eigenvalue weighted by atomic mass is 9.56. The number of nitrogens with zero attached hydrogens (tertiary/aromatic N) is 1. The van der Waals surface area contributed by atoms with Crippen LogP contribution in [0.3, 0.4) is 0 Å². The summed E-state index contributed by atoms with van der Waals surface area (Å²) in [5, 5.41) is 55.0. The Labute approximate surface area is 187 Å². The Kier molecular flexibility index (Phi) is 4.72. The minimum atomic E-state index is -2.97. The second-order valence-corrected chi connectivity index (χ2v) is 8.66. The van der Waals surface area contributed by atoms with E-state index in [4.69, 9.17) is 11.5 Å². The summed E-state index contributed by atoms with van der Waals surface area (Å²) in [4.78, 5) is 39.8. The molecule has 0 saturated carbocycles. The minimum Gasteiger partial charge on any atom is -0.510 e. The van der Waals surface area contributed by atoms with Gasteiger partial charge in [0.25, 0.3) is 5.91 Å². The highest BCUT2D eigenvalue weighted by Crippen LogP contribution is 2.55. The number of benzene rings is 1. The first-order valence-corrected chi connectivity index (χ1v) is 9.91. The van der Waals surface area contributed by atoms with Crippen molar-refractivity contribution in [3.8, 4) is 5.75 Å². The predicted octanol–water partition coefficient (Wildman–Crippen LogP) is -0.856. The summed E-state index contributed by atoms with van der Waals surface area (Å²) in [6, 6.07) is 1.15. The first-order valence-electron chi connectivity index (χ1n) is 9.91. The lowest BCUT2D eigenvalue weighted by Gasteiger charge is -2.52. The van der Waals surface area contributed by atoms with Gasteiger partial charge in [0.1, 0.15) is 22.8 Å². The molecule has 5 atom stereocenters. The topological polar surface area (TPSA) is 208 Å². The second kappa shape index (κ2) is 6.91. The average molecular weight is 457 g/mol. The van der Waals surface area contributed by atoms with Crippen LogP contribution in [0, 0.1) is 11.8 Å². The molecule has 33 heavy (non-hydrogen) atoms. The van der Waals surface area contributed by atoms with E-state index in [1.807, 2.05) is 0 Å². The molecule has 174 valence electrons. The van der Waals surface area contributed by atoms with Gasteiger partial charge in [-0.25, -0.2) is 0 Å². The zero-order valence-electron chi connectivity index (χ0n) is 17.7. The molecule has 0 bridgehead atoms. The Morgan fingerprint density at radius 1 is 1.15 bits per heavy atom. The first kappa shape index (κ1) is 22.5. The highest BCUT2D eigenvalue weighted by Gasteiger charge is 2.67. The number of aromatic hydroxyl groups is 1. The van der Waals surface area contributed by atoms with Crippen molar-refractivity contribution in [3.05, 3.63) is 52.5 Å². The van der Waals surface area contributed by atoms with Crippen molar-refractivity contribution < 1.29 is 39.9 Å². The number of Topliss-reactive ketones (excluding diaryl/α,β-unsaturated/α-hetero) is 2. The number of phenols is 1. The van der Waals surface area contributed by atoms with E-state index >= 15 is 0 Å². The van der Waals surface area contributed by atoms with Crippen LogP contribution in [-0.4, -0.2) is 79.7 Å². The van der Waals surface area contributed by atoms with E-state index in [0.717, 1.165) is 6.07 Å². The number of aliphatic hydroxyl groups is 4. The van der Waals surface area contributed by atoms with Crippen LogP contribution in [0.15, 0.2) is 41.4 Å². The Morgan fingerprint density at radius 2 is 1.76 bits per heavy atom. The number of phenolic OH excluding ortho intramolecular Hbond substituents is 1. The number of likely N-dealkylation sites (N-methyl/N-ethyl adjacent to an activating group) is 1. The van der Waals surface area contributed by atoms with Gasteiger partial charge in [-0.15, -0.1) is 0 Å². The SMILES string of the molecule is C=C1c2c(N)ccc(O)c2C(=O)C2=C(O)[C@]3(O)C(=O)C(C(N)=O)=C(O)[C@@H](N(C)C)[C@@H]3[C@@H](O)[C@H]12. The van der Waals surface area contributed by atoms with Crippen LogP contribution in [0.2, 0.25) is 0 Å². The van der Waals surface area contributed by atoms with Gasteiger partial charge >= 0.3 is 0 Å². The van der Waals surface area contributed by atoms with E-state index in [9.17, 15) is 39.9 Å². The second-order valence-electron chi connectivity index (χ2n) is 8.66. The van der Waals surface area contributed by atoms with Crippen molar-refractivity contribution in [3.63, 3.8) is 0 Å². The molecule has 11 nitrogen and oxygen atoms in total. The molecule has 0 radical (unpaired) electrons. The quantitative estimate of drug-likeness (QED) is 0.166. The van der Waals surface area contributed by atoms with Crippen LogP contribution in [0.25, 0.3) is 5.57 Å². The van der Waals surface area contributed by atoms with Gasteiger partial charge < -0.3 is 37.0 Å². The number of carbonyl (C=O) groups is 3. The first-order chi connectivity index (χ1) is 15.3. The Hall–Kier alpha value is -3.67. The normalized spacial score (nSPS) is 31.5. The van der Waals surface area contributed by atoms with Gasteiger partial charge in [-0.2, -0.15) is 0 Å². The summed E-state index contributed by atoms with van der Waals surface area (Å²) in [6.45, 7) is 3.90. The van der Waals surface area contributed by atoms with Gasteiger partial charge in [0.15, 0.2) is 11.4 Å². The van der Waals surface area contributed by atoms with Crippen LogP contribution >= 0.6 is 0 Å². The van der Waals surface area contributed by atoms with Crippen molar-refractivity contribution in [1.29, 1.82) is 0 Å². The highest BCUT2D eigenvalue weighted by atomic mass is 16.4. The number of anilines is 1. The molecular weight excluding hydrogens is 434 g/mol. The summed E-state index contributed by atoms with van der Waals surface area (Å²) in [7, 11) is 2.90. The van der Waals surface area contributed by atoms with Gasteiger partial charge in [0.05, 0.1) is 29.2 Å². The van der Waals surface area contributed by atoms with Gasteiger partial charge in [0.2, 0.25) is 5.78 Å². The summed E-state index contributed by atoms with van der Waals surface area (Å²) in [6.07, 6.45) is -1.75. The number of nitrogens with two attached hydrogens (primary N) is 2. The molecule has 0 spiro atoms. The van der Waals surface area contributed by atoms with Crippen molar-refractivity contribution >= 4 is 28.7 Å². The number of hydrogen-bond acceptors (Lipinski definition) is 10. The lowest BCUT2D eigenvalue weighted by Crippen LogP contribution is -2.68. The molecule has 4 rings (SSSR count). The maximum Gasteiger partial charge on any atom is 0.255 e. The molecule has 0 fully saturated rings. The summed E-state index contributed by atoms with van der Waals surface area (Å²) in [5.41, 5.74) is 6.64. The predicted molar refractivity (Wildman–Crippen MR) is 115 cm³/mol. The van der Waals surface area contributed by atoms with Gasteiger partial charge in [-0.3, -0.25) is 19.3 Å². The third-order valence-electron chi connectivity index (χ3n) is 6.76. The number of amides is 1. The molecule has 0 aromatic heterocycles. The molecule has 3 aliphatic carbocycles. The molecule has 11 heteroatoms. The number of aliphatic hydroxyl groups excluding tert-OH is 3. The smallest absolute Gasteiger partial charge is 0.255 e. The summed E-state index contributed by atoms with van der Waals surface area (Å²) in [5.74, 6) is -9.15. The van der Waals surface area contributed by atoms with Crippen LogP contribution in [0.5, 0.6) is 5.75 Å². The fraction of sp³-hybridized carbons (Fsp3) is 0.318. The molecule has 1 aromatic rings.